The molecule has 2 N–H and O–H groups in total. The summed E-state index contributed by atoms with van der Waals surface area (Å²) in [4.78, 5) is 21.9. The molecule has 0 aliphatic heterocycles. The van der Waals surface area contributed by atoms with Crippen molar-refractivity contribution < 1.29 is 32.2 Å². The summed E-state index contributed by atoms with van der Waals surface area (Å²) in [5.74, 6) is 0.649. The number of carbonyl (C=O) groups is 1. The number of hydrogen-bond donors (Lipinski definition) is 2. The van der Waals surface area contributed by atoms with Gasteiger partial charge in [-0.25, -0.2) is 14.8 Å². The molecule has 0 saturated heterocycles. The van der Waals surface area contributed by atoms with Crippen LogP contribution in [-0.4, -0.2) is 36.6 Å². The van der Waals surface area contributed by atoms with Gasteiger partial charge in [-0.3, -0.25) is 0 Å². The second-order valence-corrected chi connectivity index (χ2v) is 8.25. The third-order valence-electron chi connectivity index (χ3n) is 4.74. The van der Waals surface area contributed by atoms with E-state index in [1.165, 1.54) is 30.2 Å². The third kappa shape index (κ3) is 6.27. The Hall–Kier alpha value is -4.19. The number of anilines is 2. The molecule has 0 saturated carbocycles. The van der Waals surface area contributed by atoms with E-state index in [-0.39, 0.29) is 5.69 Å². The number of nitrogens with one attached hydrogen (secondary N) is 2. The van der Waals surface area contributed by atoms with Crippen molar-refractivity contribution in [1.29, 1.82) is 0 Å². The summed E-state index contributed by atoms with van der Waals surface area (Å²) in [6.07, 6.45) is -3.38. The first-order valence-corrected chi connectivity index (χ1v) is 11.1. The second-order valence-electron chi connectivity index (χ2n) is 7.19. The lowest BCUT2D eigenvalue weighted by atomic mass is 10.2. The summed E-state index contributed by atoms with van der Waals surface area (Å²) in [5.41, 5.74) is 1.28. The highest BCUT2D eigenvalue weighted by atomic mass is 32.2. The van der Waals surface area contributed by atoms with Crippen molar-refractivity contribution in [1.82, 2.24) is 9.97 Å². The van der Waals surface area contributed by atoms with Gasteiger partial charge < -0.3 is 24.8 Å². The fourth-order valence-corrected chi connectivity index (χ4v) is 4.18. The minimum atomic E-state index is -4.83. The average Bonchev–Trinajstić information content (AvgIpc) is 2.82. The molecule has 186 valence electrons. The van der Waals surface area contributed by atoms with Crippen molar-refractivity contribution >= 4 is 40.1 Å². The molecule has 12 heteroatoms. The zero-order valence-electron chi connectivity index (χ0n) is 18.9. The molecule has 0 fully saturated rings. The molecule has 4 rings (SSSR count). The van der Waals surface area contributed by atoms with Gasteiger partial charge in [-0.05, 0) is 36.4 Å². The van der Waals surface area contributed by atoms with Crippen LogP contribution in [0, 0.1) is 0 Å². The van der Waals surface area contributed by atoms with Gasteiger partial charge in [0, 0.05) is 33.8 Å². The molecule has 0 radical (unpaired) electrons. The van der Waals surface area contributed by atoms with Crippen molar-refractivity contribution in [2.24, 2.45) is 0 Å². The molecule has 0 atom stereocenters. The highest BCUT2D eigenvalue weighted by Gasteiger charge is 2.31. The Balaban J connectivity index is 1.48. The van der Waals surface area contributed by atoms with Crippen LogP contribution in [0.3, 0.4) is 0 Å². The zero-order valence-corrected chi connectivity index (χ0v) is 19.7. The normalized spacial score (nSPS) is 11.1. The molecular formula is C24H19F3N4O4S. The van der Waals surface area contributed by atoms with Crippen LogP contribution in [0.2, 0.25) is 0 Å². The quantitative estimate of drug-likeness (QED) is 0.277. The lowest BCUT2D eigenvalue weighted by molar-refractivity contribution is -0.274. The minimum Gasteiger partial charge on any atom is -0.493 e. The van der Waals surface area contributed by atoms with Gasteiger partial charge in [0.2, 0.25) is 0 Å². The number of fused-ring (bicyclic) bond motifs is 1. The Morgan fingerprint density at radius 1 is 0.889 bits per heavy atom. The number of amides is 2. The van der Waals surface area contributed by atoms with E-state index in [9.17, 15) is 18.0 Å². The average molecular weight is 517 g/mol. The van der Waals surface area contributed by atoms with E-state index in [2.05, 4.69) is 25.3 Å². The second kappa shape index (κ2) is 10.6. The Morgan fingerprint density at radius 3 is 2.25 bits per heavy atom. The fraction of sp³-hybridized carbons (Fsp3) is 0.125. The summed E-state index contributed by atoms with van der Waals surface area (Å²) in [6.45, 7) is 0. The molecule has 8 nitrogen and oxygen atoms in total. The molecule has 0 aliphatic carbocycles. The SMILES string of the molecule is COc1cc2ncnc(Sc3cccc(NC(=O)Nc4cccc(OC(F)(F)F)c4)c3)c2cc1OC. The molecule has 0 spiro atoms. The van der Waals surface area contributed by atoms with Crippen molar-refractivity contribution in [3.63, 3.8) is 0 Å². The molecule has 0 unspecified atom stereocenters. The number of hydrogen-bond acceptors (Lipinski definition) is 7. The van der Waals surface area contributed by atoms with E-state index in [4.69, 9.17) is 9.47 Å². The van der Waals surface area contributed by atoms with E-state index in [0.717, 1.165) is 22.4 Å². The fourth-order valence-electron chi connectivity index (χ4n) is 3.25. The van der Waals surface area contributed by atoms with Crippen LogP contribution in [0.1, 0.15) is 0 Å². The molecule has 4 aromatic rings. The van der Waals surface area contributed by atoms with Crippen LogP contribution >= 0.6 is 11.8 Å². The van der Waals surface area contributed by atoms with Crippen LogP contribution in [0.15, 0.2) is 76.9 Å². The summed E-state index contributed by atoms with van der Waals surface area (Å²) in [6, 6.07) is 14.9. The van der Waals surface area contributed by atoms with E-state index in [1.54, 1.807) is 44.6 Å². The smallest absolute Gasteiger partial charge is 0.493 e. The molecule has 1 aromatic heterocycles. The topological polar surface area (TPSA) is 94.6 Å². The van der Waals surface area contributed by atoms with Gasteiger partial charge in [0.05, 0.1) is 19.7 Å². The van der Waals surface area contributed by atoms with E-state index in [1.807, 2.05) is 6.07 Å². The Morgan fingerprint density at radius 2 is 1.56 bits per heavy atom. The van der Waals surface area contributed by atoms with Gasteiger partial charge >= 0.3 is 12.4 Å². The van der Waals surface area contributed by atoms with E-state index < -0.39 is 18.1 Å². The Kier molecular flexibility index (Phi) is 7.34. The van der Waals surface area contributed by atoms with Crippen molar-refractivity contribution in [2.45, 2.75) is 16.3 Å². The predicted octanol–water partition coefficient (Wildman–Crippen LogP) is 6.34. The van der Waals surface area contributed by atoms with Gasteiger partial charge in [-0.15, -0.1) is 13.2 Å². The number of methoxy groups -OCH3 is 2. The maximum Gasteiger partial charge on any atom is 0.573 e. The molecular weight excluding hydrogens is 497 g/mol. The maximum absolute atomic E-state index is 12.4. The van der Waals surface area contributed by atoms with Gasteiger partial charge in [0.15, 0.2) is 11.5 Å². The maximum atomic E-state index is 12.4. The Bertz CT molecular complexity index is 1400. The monoisotopic (exact) mass is 516 g/mol. The minimum absolute atomic E-state index is 0.136. The molecule has 3 aromatic carbocycles. The zero-order chi connectivity index (χ0) is 25.7. The lowest BCUT2D eigenvalue weighted by Crippen LogP contribution is -2.20. The third-order valence-corrected chi connectivity index (χ3v) is 5.74. The molecule has 36 heavy (non-hydrogen) atoms. The van der Waals surface area contributed by atoms with Crippen LogP contribution in [0.25, 0.3) is 10.9 Å². The van der Waals surface area contributed by atoms with E-state index in [0.29, 0.717) is 27.7 Å². The molecule has 1 heterocycles. The highest BCUT2D eigenvalue weighted by Crippen LogP contribution is 2.37. The number of urea groups is 1. The first-order valence-electron chi connectivity index (χ1n) is 10.3. The van der Waals surface area contributed by atoms with Gasteiger partial charge in [-0.1, -0.05) is 23.9 Å². The number of nitrogens with zero attached hydrogens (tertiary/aromatic N) is 2. The van der Waals surface area contributed by atoms with Crippen LogP contribution in [-0.2, 0) is 0 Å². The summed E-state index contributed by atoms with van der Waals surface area (Å²) >= 11 is 1.36. The van der Waals surface area contributed by atoms with E-state index >= 15 is 0 Å². The first kappa shape index (κ1) is 24.9. The molecule has 0 bridgehead atoms. The number of halogens is 3. The number of carbonyl (C=O) groups excluding carboxylic acids is 1. The van der Waals surface area contributed by atoms with Crippen molar-refractivity contribution in [3.05, 3.63) is 67.0 Å². The van der Waals surface area contributed by atoms with Crippen LogP contribution in [0.4, 0.5) is 29.3 Å². The van der Waals surface area contributed by atoms with Gasteiger partial charge in [0.25, 0.3) is 0 Å². The summed E-state index contributed by atoms with van der Waals surface area (Å²) in [5, 5.41) is 6.57. The largest absolute Gasteiger partial charge is 0.573 e. The predicted molar refractivity (Wildman–Crippen MR) is 129 cm³/mol. The Labute approximate surface area is 207 Å². The van der Waals surface area contributed by atoms with Crippen LogP contribution < -0.4 is 24.8 Å². The number of ether oxygens (including phenoxy) is 3. The first-order chi connectivity index (χ1) is 17.2. The molecule has 2 amide bonds. The molecule has 0 aliphatic rings. The van der Waals surface area contributed by atoms with Crippen molar-refractivity contribution in [3.8, 4) is 17.2 Å². The summed E-state index contributed by atoms with van der Waals surface area (Å²) in [7, 11) is 3.09. The van der Waals surface area contributed by atoms with Gasteiger partial charge in [0.1, 0.15) is 17.1 Å². The van der Waals surface area contributed by atoms with Gasteiger partial charge in [-0.2, -0.15) is 0 Å². The highest BCUT2D eigenvalue weighted by molar-refractivity contribution is 7.99. The standard InChI is InChI=1S/C24H19F3N4O4S/c1-33-20-11-18-19(12-21(20)34-2)28-13-29-22(18)36-17-8-4-6-15(10-17)31-23(32)30-14-5-3-7-16(9-14)35-24(25,26)27/h3-13H,1-2H3,(H2,30,31,32). The number of rotatable bonds is 7. The number of benzene rings is 3. The number of aromatic nitrogens is 2. The summed E-state index contributed by atoms with van der Waals surface area (Å²) < 4.78 is 51.9. The van der Waals surface area contributed by atoms with Crippen molar-refractivity contribution in [2.75, 3.05) is 24.9 Å². The number of alkyl halides is 3. The lowest BCUT2D eigenvalue weighted by Gasteiger charge is -2.12. The van der Waals surface area contributed by atoms with Crippen LogP contribution in [0.5, 0.6) is 17.2 Å².